The van der Waals surface area contributed by atoms with Crippen molar-refractivity contribution in [2.24, 2.45) is 0 Å². The quantitative estimate of drug-likeness (QED) is 0.777. The first kappa shape index (κ1) is 16.6. The van der Waals surface area contributed by atoms with Crippen molar-refractivity contribution in [3.05, 3.63) is 59.7 Å². The van der Waals surface area contributed by atoms with Crippen LogP contribution in [0, 0.1) is 6.92 Å². The highest BCUT2D eigenvalue weighted by Crippen LogP contribution is 2.30. The first-order chi connectivity index (χ1) is 12.6. The van der Waals surface area contributed by atoms with Crippen LogP contribution in [0.5, 0.6) is 5.75 Å². The van der Waals surface area contributed by atoms with Gasteiger partial charge in [-0.2, -0.15) is 0 Å². The van der Waals surface area contributed by atoms with E-state index >= 15 is 0 Å². The number of carbonyl (C=O) groups excluding carboxylic acids is 1. The van der Waals surface area contributed by atoms with Gasteiger partial charge in [-0.05, 0) is 61.2 Å². The van der Waals surface area contributed by atoms with Gasteiger partial charge < -0.3 is 10.0 Å². The van der Waals surface area contributed by atoms with Crippen molar-refractivity contribution in [1.29, 1.82) is 0 Å². The third-order valence-corrected chi connectivity index (χ3v) is 5.07. The number of carbonyl (C=O) groups is 1. The van der Waals surface area contributed by atoms with Crippen LogP contribution in [0.1, 0.15) is 24.0 Å². The van der Waals surface area contributed by atoms with E-state index in [9.17, 15) is 9.90 Å². The number of pyridine rings is 1. The molecule has 4 nitrogen and oxygen atoms in total. The normalized spacial score (nSPS) is 14.1. The summed E-state index contributed by atoms with van der Waals surface area (Å²) in [6.45, 7) is 3.81. The van der Waals surface area contributed by atoms with Gasteiger partial charge in [-0.3, -0.25) is 4.79 Å². The number of hydrogen-bond donors (Lipinski definition) is 1. The molecular formula is C22H22N2O2. The average molecular weight is 346 g/mol. The summed E-state index contributed by atoms with van der Waals surface area (Å²) in [6, 6.07) is 15.2. The number of hydrogen-bond acceptors (Lipinski definition) is 3. The van der Waals surface area contributed by atoms with E-state index < -0.39 is 0 Å². The van der Waals surface area contributed by atoms with Gasteiger partial charge in [-0.15, -0.1) is 0 Å². The van der Waals surface area contributed by atoms with Gasteiger partial charge in [0.05, 0.1) is 17.6 Å². The van der Waals surface area contributed by atoms with E-state index in [2.05, 4.69) is 6.07 Å². The molecule has 4 heteroatoms. The molecular weight excluding hydrogens is 324 g/mol. The molecule has 1 aliphatic heterocycles. The van der Waals surface area contributed by atoms with E-state index in [0.717, 1.165) is 59.2 Å². The van der Waals surface area contributed by atoms with Gasteiger partial charge in [-0.25, -0.2) is 4.98 Å². The van der Waals surface area contributed by atoms with Gasteiger partial charge in [0.25, 0.3) is 0 Å². The van der Waals surface area contributed by atoms with Gasteiger partial charge in [0, 0.05) is 24.0 Å². The second kappa shape index (κ2) is 6.79. The Balaban J connectivity index is 1.67. The molecule has 0 unspecified atom stereocenters. The fourth-order valence-corrected chi connectivity index (χ4v) is 3.63. The molecule has 0 bridgehead atoms. The molecule has 1 saturated heterocycles. The Morgan fingerprint density at radius 2 is 1.88 bits per heavy atom. The number of aromatic nitrogens is 1. The Bertz CT molecular complexity index is 975. The minimum absolute atomic E-state index is 0.207. The molecule has 0 radical (unpaired) electrons. The van der Waals surface area contributed by atoms with E-state index in [1.807, 2.05) is 42.2 Å². The van der Waals surface area contributed by atoms with Crippen LogP contribution in [0.15, 0.2) is 48.5 Å². The van der Waals surface area contributed by atoms with E-state index in [1.54, 1.807) is 12.1 Å². The van der Waals surface area contributed by atoms with Crippen molar-refractivity contribution in [3.8, 4) is 17.0 Å². The van der Waals surface area contributed by atoms with E-state index in [4.69, 9.17) is 4.98 Å². The lowest BCUT2D eigenvalue weighted by Gasteiger charge is -2.15. The smallest absolute Gasteiger partial charge is 0.226 e. The maximum Gasteiger partial charge on any atom is 0.226 e. The summed E-state index contributed by atoms with van der Waals surface area (Å²) in [4.78, 5) is 19.1. The van der Waals surface area contributed by atoms with Gasteiger partial charge in [0.1, 0.15) is 5.75 Å². The molecule has 2 aromatic carbocycles. The molecule has 132 valence electrons. The highest BCUT2D eigenvalue weighted by molar-refractivity contribution is 5.87. The van der Waals surface area contributed by atoms with E-state index in [1.165, 1.54) is 0 Å². The van der Waals surface area contributed by atoms with Crippen molar-refractivity contribution in [2.45, 2.75) is 26.2 Å². The molecule has 3 aromatic rings. The Hall–Kier alpha value is -2.88. The fourth-order valence-electron chi connectivity index (χ4n) is 3.63. The number of para-hydroxylation sites is 1. The third kappa shape index (κ3) is 3.15. The number of aromatic hydroxyl groups is 1. The number of likely N-dealkylation sites (tertiary alicyclic amines) is 1. The first-order valence-electron chi connectivity index (χ1n) is 9.08. The zero-order valence-electron chi connectivity index (χ0n) is 14.9. The first-order valence-corrected chi connectivity index (χ1v) is 9.08. The number of phenols is 1. The monoisotopic (exact) mass is 346 g/mol. The molecule has 1 aliphatic rings. The minimum atomic E-state index is 0.207. The zero-order chi connectivity index (χ0) is 18.1. The van der Waals surface area contributed by atoms with Crippen LogP contribution >= 0.6 is 0 Å². The number of amides is 1. The number of benzene rings is 2. The third-order valence-electron chi connectivity index (χ3n) is 5.07. The molecule has 4 rings (SSSR count). The average Bonchev–Trinajstić information content (AvgIpc) is 3.17. The van der Waals surface area contributed by atoms with Gasteiger partial charge in [0.2, 0.25) is 5.91 Å². The van der Waals surface area contributed by atoms with Crippen molar-refractivity contribution < 1.29 is 9.90 Å². The SMILES string of the molecule is Cc1cc(-c2ccccc2O)nc2ccc(CC(=O)N3CCCC3)cc12. The second-order valence-corrected chi connectivity index (χ2v) is 6.96. The standard InChI is InChI=1S/C22H22N2O2/c1-15-12-20(17-6-2-3-7-21(17)25)23-19-9-8-16(13-18(15)19)14-22(26)24-10-4-5-11-24/h2-3,6-9,12-13,25H,4-5,10-11,14H2,1H3. The van der Waals surface area contributed by atoms with Crippen LogP contribution in [0.25, 0.3) is 22.2 Å². The second-order valence-electron chi connectivity index (χ2n) is 6.96. The zero-order valence-corrected chi connectivity index (χ0v) is 14.9. The molecule has 0 atom stereocenters. The molecule has 26 heavy (non-hydrogen) atoms. The summed E-state index contributed by atoms with van der Waals surface area (Å²) in [5.74, 6) is 0.435. The largest absolute Gasteiger partial charge is 0.507 e. The van der Waals surface area contributed by atoms with Crippen LogP contribution in [0.4, 0.5) is 0 Å². The Labute approximate surface area is 153 Å². The van der Waals surface area contributed by atoms with Crippen molar-refractivity contribution >= 4 is 16.8 Å². The molecule has 1 fully saturated rings. The Morgan fingerprint density at radius 1 is 1.12 bits per heavy atom. The summed E-state index contributed by atoms with van der Waals surface area (Å²) in [6.07, 6.45) is 2.67. The van der Waals surface area contributed by atoms with Gasteiger partial charge in [-0.1, -0.05) is 18.2 Å². The lowest BCUT2D eigenvalue weighted by Crippen LogP contribution is -2.29. The number of rotatable bonds is 3. The maximum atomic E-state index is 12.4. The summed E-state index contributed by atoms with van der Waals surface area (Å²) in [5.41, 5.74) is 4.47. The van der Waals surface area contributed by atoms with Gasteiger partial charge >= 0.3 is 0 Å². The van der Waals surface area contributed by atoms with E-state index in [0.29, 0.717) is 6.42 Å². The fraction of sp³-hybridized carbons (Fsp3) is 0.273. The summed E-state index contributed by atoms with van der Waals surface area (Å²) in [7, 11) is 0. The number of phenolic OH excluding ortho intramolecular Hbond substituents is 1. The van der Waals surface area contributed by atoms with Crippen LogP contribution in [-0.2, 0) is 11.2 Å². The molecule has 0 saturated carbocycles. The Kier molecular flexibility index (Phi) is 4.33. The highest BCUT2D eigenvalue weighted by atomic mass is 16.3. The van der Waals surface area contributed by atoms with Crippen molar-refractivity contribution in [1.82, 2.24) is 9.88 Å². The summed E-state index contributed by atoms with van der Waals surface area (Å²) in [5, 5.41) is 11.1. The molecule has 1 N–H and O–H groups in total. The number of aryl methyl sites for hydroxylation is 1. The molecule has 2 heterocycles. The molecule has 0 aliphatic carbocycles. The van der Waals surface area contributed by atoms with Crippen LogP contribution in [-0.4, -0.2) is 34.0 Å². The minimum Gasteiger partial charge on any atom is -0.507 e. The number of nitrogens with zero attached hydrogens (tertiary/aromatic N) is 2. The molecule has 1 amide bonds. The predicted molar refractivity (Wildman–Crippen MR) is 103 cm³/mol. The summed E-state index contributed by atoms with van der Waals surface area (Å²) < 4.78 is 0. The maximum absolute atomic E-state index is 12.4. The molecule has 1 aromatic heterocycles. The lowest BCUT2D eigenvalue weighted by atomic mass is 10.0. The van der Waals surface area contributed by atoms with Gasteiger partial charge in [0.15, 0.2) is 0 Å². The van der Waals surface area contributed by atoms with Crippen LogP contribution < -0.4 is 0 Å². The Morgan fingerprint density at radius 3 is 2.65 bits per heavy atom. The topological polar surface area (TPSA) is 53.4 Å². The summed E-state index contributed by atoms with van der Waals surface area (Å²) >= 11 is 0. The number of fused-ring (bicyclic) bond motifs is 1. The van der Waals surface area contributed by atoms with E-state index in [-0.39, 0.29) is 11.7 Å². The lowest BCUT2D eigenvalue weighted by molar-refractivity contribution is -0.129. The van der Waals surface area contributed by atoms with Crippen molar-refractivity contribution in [3.63, 3.8) is 0 Å². The van der Waals surface area contributed by atoms with Crippen LogP contribution in [0.2, 0.25) is 0 Å². The molecule has 0 spiro atoms. The highest BCUT2D eigenvalue weighted by Gasteiger charge is 2.18. The van der Waals surface area contributed by atoms with Crippen molar-refractivity contribution in [2.75, 3.05) is 13.1 Å². The van der Waals surface area contributed by atoms with Crippen LogP contribution in [0.3, 0.4) is 0 Å². The predicted octanol–water partition coefficient (Wildman–Crippen LogP) is 4.08.